The van der Waals surface area contributed by atoms with E-state index in [2.05, 4.69) is 15.5 Å². The quantitative estimate of drug-likeness (QED) is 0.479. The average molecular weight is 388 g/mol. The predicted octanol–water partition coefficient (Wildman–Crippen LogP) is 3.20. The Balaban J connectivity index is 2.29. The lowest BCUT2D eigenvalue weighted by atomic mass is 10.1. The molecule has 0 radical (unpaired) electrons. The van der Waals surface area contributed by atoms with E-state index in [9.17, 15) is 23.2 Å². The van der Waals surface area contributed by atoms with E-state index in [4.69, 9.17) is 6.57 Å². The maximum absolute atomic E-state index is 14.5. The Morgan fingerprint density at radius 3 is 2.36 bits per heavy atom. The van der Waals surface area contributed by atoms with Gasteiger partial charge in [-0.25, -0.2) is 9.24 Å². The van der Waals surface area contributed by atoms with Gasteiger partial charge in [0.1, 0.15) is 5.82 Å². The van der Waals surface area contributed by atoms with Crippen LogP contribution in [0.5, 0.6) is 0 Å². The summed E-state index contributed by atoms with van der Waals surface area (Å²) in [6, 6.07) is 4.28. The number of hydrogen-bond acceptors (Lipinski definition) is 3. The van der Waals surface area contributed by atoms with Crippen LogP contribution in [0.25, 0.3) is 4.85 Å². The molecule has 2 rings (SSSR count). The first-order chi connectivity index (χ1) is 12.9. The molecular formula is C19H18F2N4O3. The zero-order valence-electron chi connectivity index (χ0n) is 15.7. The normalized spacial score (nSPS) is 10.9. The highest BCUT2D eigenvalue weighted by Gasteiger charge is 2.28. The molecule has 0 unspecified atom stereocenters. The Kier molecular flexibility index (Phi) is 5.64. The fourth-order valence-electron chi connectivity index (χ4n) is 2.34. The molecule has 2 amide bonds. The van der Waals surface area contributed by atoms with Crippen LogP contribution in [0.3, 0.4) is 0 Å². The summed E-state index contributed by atoms with van der Waals surface area (Å²) in [5.74, 6) is -4.60. The van der Waals surface area contributed by atoms with Gasteiger partial charge in [0.15, 0.2) is 0 Å². The first-order valence-corrected chi connectivity index (χ1v) is 8.15. The molecule has 146 valence electrons. The molecule has 0 aliphatic heterocycles. The van der Waals surface area contributed by atoms with Crippen molar-refractivity contribution in [1.29, 1.82) is 0 Å². The smallest absolute Gasteiger partial charge is 0.294 e. The van der Waals surface area contributed by atoms with E-state index in [1.165, 1.54) is 13.1 Å². The Morgan fingerprint density at radius 2 is 1.79 bits per heavy atom. The number of carbonyl (C=O) groups excluding carboxylic acids is 3. The topological polar surface area (TPSA) is 84.6 Å². The average Bonchev–Trinajstić information content (AvgIpc) is 2.90. The second kappa shape index (κ2) is 7.60. The van der Waals surface area contributed by atoms with E-state index in [0.717, 1.165) is 22.8 Å². The maximum Gasteiger partial charge on any atom is 0.294 e. The molecule has 0 spiro atoms. The number of nitrogens with zero attached hydrogens (tertiary/aromatic N) is 2. The molecule has 0 atom stereocenters. The molecule has 2 N–H and O–H groups in total. The third-order valence-corrected chi connectivity index (χ3v) is 3.66. The number of anilines is 1. The zero-order valence-corrected chi connectivity index (χ0v) is 15.7. The van der Waals surface area contributed by atoms with Gasteiger partial charge < -0.3 is 15.2 Å². The minimum Gasteiger partial charge on any atom is -0.345 e. The third-order valence-electron chi connectivity index (χ3n) is 3.66. The van der Waals surface area contributed by atoms with Crippen molar-refractivity contribution in [3.8, 4) is 0 Å². The van der Waals surface area contributed by atoms with Gasteiger partial charge in [-0.15, -0.1) is 0 Å². The number of hydrogen-bond donors (Lipinski definition) is 2. The second-order valence-corrected chi connectivity index (χ2v) is 7.06. The number of benzene rings is 1. The molecule has 0 saturated heterocycles. The number of aromatic nitrogens is 1. The fourth-order valence-corrected chi connectivity index (χ4v) is 2.34. The molecule has 1 aromatic heterocycles. The molecule has 0 bridgehead atoms. The van der Waals surface area contributed by atoms with E-state index in [0.29, 0.717) is 0 Å². The van der Waals surface area contributed by atoms with Gasteiger partial charge in [0.05, 0.1) is 17.8 Å². The predicted molar refractivity (Wildman–Crippen MR) is 98.2 cm³/mol. The fraction of sp³-hybridized carbons (Fsp3) is 0.263. The van der Waals surface area contributed by atoms with Crippen LogP contribution in [0.4, 0.5) is 20.2 Å². The Morgan fingerprint density at radius 1 is 1.14 bits per heavy atom. The summed E-state index contributed by atoms with van der Waals surface area (Å²) in [7, 11) is 1.21. The van der Waals surface area contributed by atoms with Crippen molar-refractivity contribution in [2.75, 3.05) is 5.32 Å². The highest BCUT2D eigenvalue weighted by atomic mass is 19.1. The third kappa shape index (κ3) is 4.40. The first-order valence-electron chi connectivity index (χ1n) is 8.15. The zero-order chi connectivity index (χ0) is 21.2. The molecule has 28 heavy (non-hydrogen) atoms. The number of amides is 2. The molecule has 1 heterocycles. The number of ketones is 1. The lowest BCUT2D eigenvalue weighted by Gasteiger charge is -2.19. The van der Waals surface area contributed by atoms with Gasteiger partial charge in [0, 0.05) is 18.3 Å². The Hall–Kier alpha value is -3.54. The number of Topliss-reactive ketones (excluding diaryl/α,β-unsaturated/α-hetero) is 1. The van der Waals surface area contributed by atoms with Gasteiger partial charge in [-0.3, -0.25) is 14.4 Å². The lowest BCUT2D eigenvalue weighted by molar-refractivity contribution is -0.118. The summed E-state index contributed by atoms with van der Waals surface area (Å²) in [5, 5.41) is 4.81. The molecule has 1 aromatic carbocycles. The lowest BCUT2D eigenvalue weighted by Crippen LogP contribution is -2.44. The van der Waals surface area contributed by atoms with Crippen LogP contribution in [0.2, 0.25) is 0 Å². The van der Waals surface area contributed by atoms with Crippen molar-refractivity contribution in [1.82, 2.24) is 9.88 Å². The monoisotopic (exact) mass is 388 g/mol. The van der Waals surface area contributed by atoms with E-state index >= 15 is 0 Å². The largest absolute Gasteiger partial charge is 0.345 e. The van der Waals surface area contributed by atoms with Crippen LogP contribution in [-0.2, 0) is 11.8 Å². The highest BCUT2D eigenvalue weighted by molar-refractivity contribution is 6.42. The van der Waals surface area contributed by atoms with Crippen LogP contribution >= 0.6 is 0 Å². The van der Waals surface area contributed by atoms with Gasteiger partial charge in [-0.1, -0.05) is 0 Å². The van der Waals surface area contributed by atoms with Crippen LogP contribution < -0.4 is 10.6 Å². The standard InChI is InChI=1S/C19H18F2N4O3/c1-19(2,3)24-18(28)15(26)14-9-11(16(21)25(14)5)17(27)23-10-6-7-12(20)13(8-10)22-4/h6-9H,1-3,5H3,(H,23,27)(H,24,28). The molecule has 0 fully saturated rings. The van der Waals surface area contributed by atoms with Crippen molar-refractivity contribution in [3.05, 3.63) is 58.7 Å². The van der Waals surface area contributed by atoms with Crippen molar-refractivity contribution in [3.63, 3.8) is 0 Å². The van der Waals surface area contributed by atoms with Crippen molar-refractivity contribution < 1.29 is 23.2 Å². The molecule has 0 aliphatic rings. The van der Waals surface area contributed by atoms with Crippen LogP contribution in [0.1, 0.15) is 41.6 Å². The van der Waals surface area contributed by atoms with Gasteiger partial charge in [0.2, 0.25) is 11.6 Å². The van der Waals surface area contributed by atoms with Crippen LogP contribution in [0, 0.1) is 18.3 Å². The van der Waals surface area contributed by atoms with Crippen molar-refractivity contribution in [2.45, 2.75) is 26.3 Å². The van der Waals surface area contributed by atoms with E-state index in [1.807, 2.05) is 0 Å². The second-order valence-electron chi connectivity index (χ2n) is 7.06. The maximum atomic E-state index is 14.5. The van der Waals surface area contributed by atoms with Gasteiger partial charge in [0.25, 0.3) is 17.6 Å². The van der Waals surface area contributed by atoms with Gasteiger partial charge in [-0.05, 0) is 45.0 Å². The van der Waals surface area contributed by atoms with Crippen molar-refractivity contribution in [2.24, 2.45) is 7.05 Å². The summed E-state index contributed by atoms with van der Waals surface area (Å²) < 4.78 is 28.6. The molecule has 9 heteroatoms. The molecular weight excluding hydrogens is 370 g/mol. The summed E-state index contributed by atoms with van der Waals surface area (Å²) in [6.45, 7) is 11.9. The summed E-state index contributed by atoms with van der Waals surface area (Å²) in [6.07, 6.45) is 0. The SMILES string of the molecule is [C-]#[N+]c1cc(NC(=O)c2cc(C(=O)C(=O)NC(C)(C)C)n(C)c2F)ccc1F. The van der Waals surface area contributed by atoms with Gasteiger partial charge >= 0.3 is 0 Å². The minimum atomic E-state index is -1.02. The van der Waals surface area contributed by atoms with Crippen LogP contribution in [0.15, 0.2) is 24.3 Å². The van der Waals surface area contributed by atoms with E-state index in [1.54, 1.807) is 20.8 Å². The van der Waals surface area contributed by atoms with Crippen molar-refractivity contribution >= 4 is 29.0 Å². The molecule has 0 aliphatic carbocycles. The van der Waals surface area contributed by atoms with Gasteiger partial charge in [-0.2, -0.15) is 4.39 Å². The minimum absolute atomic E-state index is 0.0824. The summed E-state index contributed by atoms with van der Waals surface area (Å²) >= 11 is 0. The molecule has 0 saturated carbocycles. The van der Waals surface area contributed by atoms with Crippen LogP contribution in [-0.4, -0.2) is 27.7 Å². The number of nitrogens with one attached hydrogen (secondary N) is 2. The van der Waals surface area contributed by atoms with E-state index < -0.39 is 40.5 Å². The highest BCUT2D eigenvalue weighted by Crippen LogP contribution is 2.23. The van der Waals surface area contributed by atoms with E-state index in [-0.39, 0.29) is 17.1 Å². The number of halogens is 2. The summed E-state index contributed by atoms with van der Waals surface area (Å²) in [5.41, 5.74) is -1.66. The number of rotatable bonds is 4. The molecule has 2 aromatic rings. The first kappa shape index (κ1) is 20.8. The Labute approximate surface area is 160 Å². The molecule has 7 nitrogen and oxygen atoms in total. The summed E-state index contributed by atoms with van der Waals surface area (Å²) in [4.78, 5) is 39.7. The Bertz CT molecular complexity index is 1010. The number of carbonyl (C=O) groups is 3.